The number of hydrogen-bond acceptors (Lipinski definition) is 6. The summed E-state index contributed by atoms with van der Waals surface area (Å²) in [5.41, 5.74) is 1.29. The van der Waals surface area contributed by atoms with E-state index in [2.05, 4.69) is 10.2 Å². The summed E-state index contributed by atoms with van der Waals surface area (Å²) in [5.74, 6) is -0.388. The van der Waals surface area contributed by atoms with Crippen molar-refractivity contribution in [3.05, 3.63) is 75.6 Å². The minimum atomic E-state index is -0.478. The number of nitro benzene ring substituents is 1. The quantitative estimate of drug-likeness (QED) is 0.382. The van der Waals surface area contributed by atoms with E-state index in [9.17, 15) is 19.3 Å². The monoisotopic (exact) mass is 414 g/mol. The molecule has 1 fully saturated rings. The fraction of sp³-hybridized carbons (Fsp3) is 0.250. The largest absolute Gasteiger partial charge is 0.284 e. The van der Waals surface area contributed by atoms with Crippen molar-refractivity contribution in [2.75, 3.05) is 0 Å². The Labute approximate surface area is 171 Å². The molecule has 150 valence electrons. The summed E-state index contributed by atoms with van der Waals surface area (Å²) in [6, 6.07) is 12.0. The maximum atomic E-state index is 13.2. The van der Waals surface area contributed by atoms with E-state index in [1.54, 1.807) is 29.2 Å². The number of amidine groups is 1. The van der Waals surface area contributed by atoms with Gasteiger partial charge in [0.05, 0.1) is 22.9 Å². The lowest BCUT2D eigenvalue weighted by atomic mass is 10.2. The van der Waals surface area contributed by atoms with Gasteiger partial charge >= 0.3 is 0 Å². The van der Waals surface area contributed by atoms with Crippen molar-refractivity contribution in [1.29, 1.82) is 0 Å². The van der Waals surface area contributed by atoms with Gasteiger partial charge in [0.25, 0.3) is 5.69 Å². The highest BCUT2D eigenvalue weighted by Gasteiger charge is 2.37. The molecule has 1 aliphatic heterocycles. The van der Waals surface area contributed by atoms with Crippen LogP contribution in [0.5, 0.6) is 0 Å². The van der Waals surface area contributed by atoms with Crippen molar-refractivity contribution < 1.29 is 14.1 Å². The van der Waals surface area contributed by atoms with Gasteiger partial charge in [0.1, 0.15) is 5.82 Å². The Kier molecular flexibility index (Phi) is 6.71. The van der Waals surface area contributed by atoms with Crippen LogP contribution in [0, 0.1) is 15.9 Å². The molecule has 0 bridgehead atoms. The molecule has 0 aliphatic carbocycles. The van der Waals surface area contributed by atoms with E-state index < -0.39 is 4.92 Å². The maximum Gasteiger partial charge on any atom is 0.270 e. The fourth-order valence-corrected chi connectivity index (χ4v) is 4.03. The van der Waals surface area contributed by atoms with Crippen LogP contribution < -0.4 is 0 Å². The van der Waals surface area contributed by atoms with Crippen molar-refractivity contribution in [1.82, 2.24) is 4.90 Å². The normalized spacial score (nSPS) is 18.1. The summed E-state index contributed by atoms with van der Waals surface area (Å²) in [7, 11) is 0. The molecule has 0 saturated carbocycles. The minimum Gasteiger partial charge on any atom is -0.284 e. The number of amides is 1. The van der Waals surface area contributed by atoms with Crippen LogP contribution in [0.3, 0.4) is 0 Å². The second-order valence-corrected chi connectivity index (χ2v) is 7.60. The highest BCUT2D eigenvalue weighted by Crippen LogP contribution is 2.31. The number of nitro groups is 1. The second-order valence-electron chi connectivity index (χ2n) is 6.43. The summed E-state index contributed by atoms with van der Waals surface area (Å²) in [6.07, 6.45) is 2.99. The SMILES string of the molecule is CCCC1SC(=NN=Cc2cccc([N+](=O)[O-])c2)N(Cc2ccc(F)cc2)C1=O. The Bertz CT molecular complexity index is 962. The molecule has 9 heteroatoms. The Morgan fingerprint density at radius 2 is 2.03 bits per heavy atom. The lowest BCUT2D eigenvalue weighted by molar-refractivity contribution is -0.384. The third-order valence-electron chi connectivity index (χ3n) is 4.26. The zero-order valence-corrected chi connectivity index (χ0v) is 16.5. The molecule has 1 aliphatic rings. The standard InChI is InChI=1S/C20H19FN4O3S/c1-2-4-18-19(26)24(13-14-7-9-16(21)10-8-14)20(29-18)23-22-12-15-5-3-6-17(11-15)25(27)28/h3,5-12,18H,2,4,13H2,1H3. The molecule has 1 amide bonds. The molecule has 0 aromatic heterocycles. The average molecular weight is 414 g/mol. The lowest BCUT2D eigenvalue weighted by Gasteiger charge is -2.15. The van der Waals surface area contributed by atoms with Crippen LogP contribution >= 0.6 is 11.8 Å². The van der Waals surface area contributed by atoms with Gasteiger partial charge in [-0.2, -0.15) is 5.10 Å². The van der Waals surface area contributed by atoms with E-state index in [4.69, 9.17) is 0 Å². The van der Waals surface area contributed by atoms with Gasteiger partial charge in [-0.1, -0.05) is 49.4 Å². The molecule has 1 heterocycles. The van der Waals surface area contributed by atoms with Crippen molar-refractivity contribution >= 4 is 34.7 Å². The van der Waals surface area contributed by atoms with Gasteiger partial charge < -0.3 is 0 Å². The van der Waals surface area contributed by atoms with Crippen molar-refractivity contribution in [2.45, 2.75) is 31.6 Å². The molecule has 1 unspecified atom stereocenters. The number of thioether (sulfide) groups is 1. The molecule has 1 saturated heterocycles. The molecule has 2 aromatic rings. The highest BCUT2D eigenvalue weighted by molar-refractivity contribution is 8.15. The topological polar surface area (TPSA) is 88.2 Å². The van der Waals surface area contributed by atoms with E-state index >= 15 is 0 Å². The van der Waals surface area contributed by atoms with Crippen molar-refractivity contribution in [3.63, 3.8) is 0 Å². The van der Waals surface area contributed by atoms with E-state index in [1.807, 2.05) is 6.92 Å². The Morgan fingerprint density at radius 3 is 2.72 bits per heavy atom. The van der Waals surface area contributed by atoms with E-state index in [-0.39, 0.29) is 29.2 Å². The van der Waals surface area contributed by atoms with E-state index in [0.717, 1.165) is 18.4 Å². The Balaban J connectivity index is 1.81. The van der Waals surface area contributed by atoms with Gasteiger partial charge in [-0.05, 0) is 24.1 Å². The van der Waals surface area contributed by atoms with Crippen molar-refractivity contribution in [3.8, 4) is 0 Å². The number of benzene rings is 2. The van der Waals surface area contributed by atoms with Gasteiger partial charge in [-0.15, -0.1) is 5.10 Å². The van der Waals surface area contributed by atoms with Crippen LogP contribution in [0.15, 0.2) is 58.7 Å². The van der Waals surface area contributed by atoms with Gasteiger partial charge in [-0.25, -0.2) is 4.39 Å². The minimum absolute atomic E-state index is 0.0343. The smallest absolute Gasteiger partial charge is 0.270 e. The molecular weight excluding hydrogens is 395 g/mol. The first kappa shape index (κ1) is 20.7. The van der Waals surface area contributed by atoms with E-state index in [1.165, 1.54) is 42.2 Å². The number of hydrogen-bond donors (Lipinski definition) is 0. The van der Waals surface area contributed by atoms with Crippen LogP contribution in [-0.4, -0.2) is 32.4 Å². The van der Waals surface area contributed by atoms with Crippen LogP contribution in [0.2, 0.25) is 0 Å². The first-order chi connectivity index (χ1) is 14.0. The molecule has 0 N–H and O–H groups in total. The summed E-state index contributed by atoms with van der Waals surface area (Å²) in [5, 5.41) is 19.3. The first-order valence-electron chi connectivity index (χ1n) is 9.06. The number of halogens is 1. The van der Waals surface area contributed by atoms with Gasteiger partial charge in [-0.3, -0.25) is 19.8 Å². The molecule has 2 aromatic carbocycles. The van der Waals surface area contributed by atoms with Crippen LogP contribution in [0.1, 0.15) is 30.9 Å². The molecule has 0 spiro atoms. The number of rotatable bonds is 7. The number of carbonyl (C=O) groups is 1. The van der Waals surface area contributed by atoms with Crippen LogP contribution in [-0.2, 0) is 11.3 Å². The number of nitrogens with zero attached hydrogens (tertiary/aromatic N) is 4. The molecule has 7 nitrogen and oxygen atoms in total. The number of carbonyl (C=O) groups excluding carboxylic acids is 1. The zero-order valence-electron chi connectivity index (χ0n) is 15.7. The van der Waals surface area contributed by atoms with Crippen LogP contribution in [0.4, 0.5) is 10.1 Å². The van der Waals surface area contributed by atoms with Gasteiger partial charge in [0, 0.05) is 17.7 Å². The Hall–Kier alpha value is -3.07. The zero-order chi connectivity index (χ0) is 20.8. The van der Waals surface area contributed by atoms with Gasteiger partial charge in [0.2, 0.25) is 5.91 Å². The third-order valence-corrected chi connectivity index (χ3v) is 5.49. The highest BCUT2D eigenvalue weighted by atomic mass is 32.2. The molecular formula is C20H19FN4O3S. The lowest BCUT2D eigenvalue weighted by Crippen LogP contribution is -2.31. The molecule has 3 rings (SSSR count). The maximum absolute atomic E-state index is 13.2. The summed E-state index contributed by atoms with van der Waals surface area (Å²) < 4.78 is 13.2. The molecule has 0 radical (unpaired) electrons. The number of non-ortho nitro benzene ring substituents is 1. The predicted octanol–water partition coefficient (Wildman–Crippen LogP) is 4.37. The van der Waals surface area contributed by atoms with Gasteiger partial charge in [0.15, 0.2) is 5.17 Å². The molecule has 1 atom stereocenters. The average Bonchev–Trinajstić information content (AvgIpc) is 2.99. The van der Waals surface area contributed by atoms with E-state index in [0.29, 0.717) is 10.7 Å². The summed E-state index contributed by atoms with van der Waals surface area (Å²) in [4.78, 5) is 24.7. The third kappa shape index (κ3) is 5.26. The summed E-state index contributed by atoms with van der Waals surface area (Å²) in [6.45, 7) is 2.28. The summed E-state index contributed by atoms with van der Waals surface area (Å²) >= 11 is 1.35. The fourth-order valence-electron chi connectivity index (χ4n) is 2.81. The Morgan fingerprint density at radius 1 is 1.28 bits per heavy atom. The van der Waals surface area contributed by atoms with Crippen molar-refractivity contribution in [2.24, 2.45) is 10.2 Å². The molecule has 29 heavy (non-hydrogen) atoms. The first-order valence-corrected chi connectivity index (χ1v) is 9.94. The van der Waals surface area contributed by atoms with Crippen LogP contribution in [0.25, 0.3) is 0 Å². The predicted molar refractivity (Wildman–Crippen MR) is 111 cm³/mol. The second kappa shape index (κ2) is 9.42.